The Bertz CT molecular complexity index is 561. The number of rotatable bonds is 6. The number of carbonyl (C=O) groups excluding carboxylic acids is 3. The van der Waals surface area contributed by atoms with Gasteiger partial charge in [0.1, 0.15) is 12.7 Å². The highest BCUT2D eigenvalue weighted by molar-refractivity contribution is 7.46. The molecule has 1 unspecified atom stereocenters. The van der Waals surface area contributed by atoms with Crippen LogP contribution in [0, 0.1) is 0 Å². The van der Waals surface area contributed by atoms with Crippen LogP contribution in [0.3, 0.4) is 0 Å². The largest absolute Gasteiger partial charge is 0.472 e. The highest BCUT2D eigenvalue weighted by Crippen LogP contribution is 2.42. The van der Waals surface area contributed by atoms with E-state index in [4.69, 9.17) is 28.7 Å². The van der Waals surface area contributed by atoms with E-state index in [2.05, 4.69) is 4.52 Å². The molecule has 1 fully saturated rings. The first kappa shape index (κ1) is 21.5. The molecule has 0 aliphatic carbocycles. The van der Waals surface area contributed by atoms with Crippen molar-refractivity contribution in [3.63, 3.8) is 0 Å². The summed E-state index contributed by atoms with van der Waals surface area (Å²) in [7, 11) is -5.17. The third-order valence-electron chi connectivity index (χ3n) is 2.87. The van der Waals surface area contributed by atoms with Gasteiger partial charge in [0.2, 0.25) is 6.29 Å². The Morgan fingerprint density at radius 3 is 2.00 bits per heavy atom. The van der Waals surface area contributed by atoms with E-state index >= 15 is 0 Å². The number of hydrogen-bond acceptors (Lipinski definition) is 9. The van der Waals surface area contributed by atoms with Gasteiger partial charge in [-0.25, -0.2) is 8.96 Å². The third-order valence-corrected chi connectivity index (χ3v) is 3.35. The molecule has 1 aliphatic rings. The summed E-state index contributed by atoms with van der Waals surface area (Å²) in [5, 5.41) is 0. The summed E-state index contributed by atoms with van der Waals surface area (Å²) in [5.74, 6) is -2.57. The first-order valence-corrected chi connectivity index (χ1v) is 8.45. The van der Waals surface area contributed by atoms with E-state index in [0.717, 1.165) is 20.8 Å². The zero-order valence-electron chi connectivity index (χ0n) is 13.5. The molecule has 0 aromatic rings. The maximum atomic E-state index is 14.5. The van der Waals surface area contributed by atoms with Gasteiger partial charge in [-0.05, 0) is 0 Å². The summed E-state index contributed by atoms with van der Waals surface area (Å²) in [6.07, 6.45) is -9.28. The molecule has 1 heterocycles. The minimum Gasteiger partial charge on any atom is -0.463 e. The third kappa shape index (κ3) is 7.04. The Morgan fingerprint density at radius 2 is 1.56 bits per heavy atom. The first-order chi connectivity index (χ1) is 11.4. The minimum atomic E-state index is -5.17. The van der Waals surface area contributed by atoms with E-state index in [-0.39, 0.29) is 0 Å². The molecular formula is C12H18FO11P. The second-order valence-electron chi connectivity index (χ2n) is 5.03. The Morgan fingerprint density at radius 1 is 1.04 bits per heavy atom. The standard InChI is InChI=1S/C12H18FO11P/c1-5(14)20-4-8-10(21-6(2)15)11(22-7(3)16)9(13)12(23-8)24-25(17,18)19/h8-12H,4H2,1-3H3,(H2,17,18,19)/t8-,9-,10-,11-,12?/m1/s1. The molecular weight excluding hydrogens is 370 g/mol. The number of halogens is 1. The number of phosphoric ester groups is 1. The van der Waals surface area contributed by atoms with E-state index in [1.165, 1.54) is 0 Å². The van der Waals surface area contributed by atoms with Crippen LogP contribution < -0.4 is 0 Å². The second kappa shape index (κ2) is 8.68. The monoisotopic (exact) mass is 388 g/mol. The summed E-state index contributed by atoms with van der Waals surface area (Å²) in [5.41, 5.74) is 0. The molecule has 144 valence electrons. The van der Waals surface area contributed by atoms with Gasteiger partial charge in [-0.1, -0.05) is 0 Å². The van der Waals surface area contributed by atoms with Crippen molar-refractivity contribution in [1.29, 1.82) is 0 Å². The molecule has 0 radical (unpaired) electrons. The average Bonchev–Trinajstić information content (AvgIpc) is 2.42. The van der Waals surface area contributed by atoms with Crippen LogP contribution in [0.2, 0.25) is 0 Å². The molecule has 0 saturated carbocycles. The van der Waals surface area contributed by atoms with Gasteiger partial charge in [0.25, 0.3) is 0 Å². The van der Waals surface area contributed by atoms with Gasteiger partial charge in [-0.2, -0.15) is 0 Å². The zero-order valence-corrected chi connectivity index (χ0v) is 14.4. The fourth-order valence-electron chi connectivity index (χ4n) is 2.08. The number of phosphoric acid groups is 1. The van der Waals surface area contributed by atoms with Crippen molar-refractivity contribution >= 4 is 25.7 Å². The Labute approximate surface area is 141 Å². The molecule has 11 nitrogen and oxygen atoms in total. The number of alkyl halides is 1. The van der Waals surface area contributed by atoms with Gasteiger partial charge >= 0.3 is 25.7 Å². The lowest BCUT2D eigenvalue weighted by Gasteiger charge is -2.41. The van der Waals surface area contributed by atoms with Gasteiger partial charge in [-0.15, -0.1) is 0 Å². The number of esters is 3. The van der Waals surface area contributed by atoms with Crippen molar-refractivity contribution in [1.82, 2.24) is 0 Å². The SMILES string of the molecule is CC(=O)OC[C@H]1OC(OP(=O)(O)O)[C@H](F)[C@@H](OC(C)=O)[C@@H]1OC(C)=O. The van der Waals surface area contributed by atoms with Crippen LogP contribution >= 0.6 is 7.82 Å². The van der Waals surface area contributed by atoms with E-state index in [9.17, 15) is 23.3 Å². The van der Waals surface area contributed by atoms with Crippen LogP contribution in [-0.4, -0.2) is 65.1 Å². The van der Waals surface area contributed by atoms with Crippen molar-refractivity contribution < 1.29 is 56.6 Å². The van der Waals surface area contributed by atoms with Crippen LogP contribution in [0.1, 0.15) is 20.8 Å². The van der Waals surface area contributed by atoms with E-state index in [1.54, 1.807) is 0 Å². The fourth-order valence-corrected chi connectivity index (χ4v) is 2.52. The van der Waals surface area contributed by atoms with Gasteiger partial charge in [-0.3, -0.25) is 18.9 Å². The predicted octanol–water partition coefficient (Wildman–Crippen LogP) is -0.415. The topological polar surface area (TPSA) is 155 Å². The fraction of sp³-hybridized carbons (Fsp3) is 0.750. The lowest BCUT2D eigenvalue weighted by Crippen LogP contribution is -2.60. The van der Waals surface area contributed by atoms with E-state index < -0.39 is 63.1 Å². The molecule has 0 amide bonds. The van der Waals surface area contributed by atoms with Gasteiger partial charge in [0.15, 0.2) is 18.4 Å². The molecule has 2 N–H and O–H groups in total. The Hall–Kier alpha value is -1.59. The van der Waals surface area contributed by atoms with Gasteiger partial charge in [0, 0.05) is 20.8 Å². The van der Waals surface area contributed by atoms with Crippen LogP contribution in [0.25, 0.3) is 0 Å². The molecule has 25 heavy (non-hydrogen) atoms. The average molecular weight is 388 g/mol. The molecule has 0 spiro atoms. The van der Waals surface area contributed by atoms with Crippen molar-refractivity contribution in [2.45, 2.75) is 51.5 Å². The summed E-state index contributed by atoms with van der Waals surface area (Å²) < 4.78 is 49.0. The minimum absolute atomic E-state index is 0.571. The smallest absolute Gasteiger partial charge is 0.463 e. The van der Waals surface area contributed by atoms with E-state index in [0.29, 0.717) is 0 Å². The Kier molecular flexibility index (Phi) is 7.44. The van der Waals surface area contributed by atoms with Crippen LogP contribution in [-0.2, 0) is 42.4 Å². The van der Waals surface area contributed by atoms with Crippen molar-refractivity contribution in [3.05, 3.63) is 0 Å². The maximum absolute atomic E-state index is 14.5. The molecule has 0 aromatic heterocycles. The summed E-state index contributed by atoms with van der Waals surface area (Å²) >= 11 is 0. The highest BCUT2D eigenvalue weighted by atomic mass is 31.2. The summed E-state index contributed by atoms with van der Waals surface area (Å²) in [4.78, 5) is 51.1. The predicted molar refractivity (Wildman–Crippen MR) is 74.4 cm³/mol. The van der Waals surface area contributed by atoms with Crippen LogP contribution in [0.4, 0.5) is 4.39 Å². The number of ether oxygens (including phenoxy) is 4. The van der Waals surface area contributed by atoms with Crippen LogP contribution in [0.15, 0.2) is 0 Å². The molecule has 13 heteroatoms. The van der Waals surface area contributed by atoms with Crippen molar-refractivity contribution in [2.75, 3.05) is 6.61 Å². The van der Waals surface area contributed by atoms with Gasteiger partial charge < -0.3 is 28.7 Å². The normalized spacial score (nSPS) is 29.6. The zero-order chi connectivity index (χ0) is 19.4. The van der Waals surface area contributed by atoms with E-state index in [1.807, 2.05) is 0 Å². The highest BCUT2D eigenvalue weighted by Gasteiger charge is 2.52. The summed E-state index contributed by atoms with van der Waals surface area (Å²) in [6, 6.07) is 0. The molecule has 5 atom stereocenters. The summed E-state index contributed by atoms with van der Waals surface area (Å²) in [6.45, 7) is 2.44. The number of carbonyl (C=O) groups is 3. The second-order valence-corrected chi connectivity index (χ2v) is 6.23. The first-order valence-electron chi connectivity index (χ1n) is 6.92. The number of hydrogen-bond donors (Lipinski definition) is 2. The molecule has 1 rings (SSSR count). The molecule has 0 bridgehead atoms. The molecule has 1 saturated heterocycles. The lowest BCUT2D eigenvalue weighted by molar-refractivity contribution is -0.274. The van der Waals surface area contributed by atoms with Gasteiger partial charge in [0.05, 0.1) is 0 Å². The molecule has 1 aliphatic heterocycles. The van der Waals surface area contributed by atoms with Crippen LogP contribution in [0.5, 0.6) is 0 Å². The lowest BCUT2D eigenvalue weighted by atomic mass is 9.99. The van der Waals surface area contributed by atoms with Crippen molar-refractivity contribution in [3.8, 4) is 0 Å². The quantitative estimate of drug-likeness (QED) is 0.346. The molecule has 0 aromatic carbocycles. The van der Waals surface area contributed by atoms with Crippen molar-refractivity contribution in [2.24, 2.45) is 0 Å². The maximum Gasteiger partial charge on any atom is 0.472 e. The Balaban J connectivity index is 3.13.